The van der Waals surface area contributed by atoms with E-state index in [1.807, 2.05) is 19.1 Å². The van der Waals surface area contributed by atoms with Gasteiger partial charge in [-0.15, -0.1) is 0 Å². The molecule has 4 nitrogen and oxygen atoms in total. The molecule has 1 heterocycles. The molecule has 0 saturated carbocycles. The van der Waals surface area contributed by atoms with Gasteiger partial charge in [-0.05, 0) is 62.2 Å². The normalized spacial score (nSPS) is 18.9. The second-order valence-electron chi connectivity index (χ2n) is 6.74. The average Bonchev–Trinajstić information content (AvgIpc) is 2.66. The molecular weight excluding hydrogens is 369 g/mol. The number of carboxylic acids is 1. The van der Waals surface area contributed by atoms with Crippen LogP contribution in [0.1, 0.15) is 36.9 Å². The molecule has 1 fully saturated rings. The molecule has 1 N–H and O–H groups in total. The molecular formula is C21H23ClFNO3. The molecule has 0 spiro atoms. The van der Waals surface area contributed by atoms with Gasteiger partial charge in [0, 0.05) is 17.1 Å². The molecule has 2 aromatic rings. The molecule has 2 atom stereocenters. The van der Waals surface area contributed by atoms with Crippen molar-refractivity contribution >= 4 is 17.6 Å². The van der Waals surface area contributed by atoms with E-state index in [0.29, 0.717) is 30.3 Å². The van der Waals surface area contributed by atoms with Gasteiger partial charge in [0.25, 0.3) is 0 Å². The lowest BCUT2D eigenvalue weighted by Gasteiger charge is -2.38. The van der Waals surface area contributed by atoms with Crippen molar-refractivity contribution in [1.82, 2.24) is 4.90 Å². The van der Waals surface area contributed by atoms with Gasteiger partial charge in [0.15, 0.2) is 0 Å². The Balaban J connectivity index is 2.07. The number of hydrogen-bond donors (Lipinski definition) is 1. The molecule has 0 aliphatic carbocycles. The first-order chi connectivity index (χ1) is 13.0. The number of hydrogen-bond acceptors (Lipinski definition) is 3. The summed E-state index contributed by atoms with van der Waals surface area (Å²) in [5.74, 6) is -0.811. The lowest BCUT2D eigenvalue weighted by molar-refractivity contribution is -0.143. The van der Waals surface area contributed by atoms with Crippen LogP contribution in [0.5, 0.6) is 5.75 Å². The summed E-state index contributed by atoms with van der Waals surface area (Å²) in [6.45, 7) is 3.59. The fourth-order valence-electron chi connectivity index (χ4n) is 3.69. The van der Waals surface area contributed by atoms with Gasteiger partial charge in [-0.1, -0.05) is 23.7 Å². The van der Waals surface area contributed by atoms with Crippen LogP contribution in [0, 0.1) is 11.7 Å². The highest BCUT2D eigenvalue weighted by atomic mass is 35.5. The van der Waals surface area contributed by atoms with Gasteiger partial charge in [0.05, 0.1) is 18.6 Å². The van der Waals surface area contributed by atoms with Gasteiger partial charge < -0.3 is 9.84 Å². The maximum absolute atomic E-state index is 13.5. The minimum atomic E-state index is -0.784. The molecule has 1 saturated heterocycles. The molecule has 0 amide bonds. The van der Waals surface area contributed by atoms with E-state index in [1.165, 1.54) is 12.1 Å². The first kappa shape index (κ1) is 19.6. The van der Waals surface area contributed by atoms with Gasteiger partial charge in [-0.25, -0.2) is 4.39 Å². The van der Waals surface area contributed by atoms with Crippen LogP contribution in [-0.2, 0) is 4.79 Å². The van der Waals surface area contributed by atoms with Crippen molar-refractivity contribution in [2.45, 2.75) is 25.8 Å². The first-order valence-corrected chi connectivity index (χ1v) is 9.52. The SMILES string of the molecule is CCOc1ccc(Cl)cc1C(c1ccc(F)cc1)N1CCCC(C(=O)O)C1. The summed E-state index contributed by atoms with van der Waals surface area (Å²) in [5, 5.41) is 10.1. The third-order valence-electron chi connectivity index (χ3n) is 4.92. The third kappa shape index (κ3) is 4.60. The highest BCUT2D eigenvalue weighted by Crippen LogP contribution is 2.38. The summed E-state index contributed by atoms with van der Waals surface area (Å²) in [7, 11) is 0. The Morgan fingerprint density at radius 2 is 2.07 bits per heavy atom. The van der Waals surface area contributed by atoms with E-state index >= 15 is 0 Å². The van der Waals surface area contributed by atoms with Crippen LogP contribution in [0.3, 0.4) is 0 Å². The second kappa shape index (κ2) is 8.72. The monoisotopic (exact) mass is 391 g/mol. The van der Waals surface area contributed by atoms with Crippen LogP contribution in [0.25, 0.3) is 0 Å². The highest BCUT2D eigenvalue weighted by molar-refractivity contribution is 6.30. The molecule has 2 aromatic carbocycles. The number of piperidine rings is 1. The van der Waals surface area contributed by atoms with Crippen LogP contribution in [-0.4, -0.2) is 35.7 Å². The van der Waals surface area contributed by atoms with Gasteiger partial charge in [0.1, 0.15) is 11.6 Å². The Bertz CT molecular complexity index is 797. The summed E-state index contributed by atoms with van der Waals surface area (Å²) in [5.41, 5.74) is 1.74. The van der Waals surface area contributed by atoms with E-state index in [0.717, 1.165) is 24.1 Å². The van der Waals surface area contributed by atoms with Crippen molar-refractivity contribution in [3.63, 3.8) is 0 Å². The number of ether oxygens (including phenoxy) is 1. The van der Waals surface area contributed by atoms with Gasteiger partial charge in [0.2, 0.25) is 0 Å². The number of carboxylic acid groups (broad SMARTS) is 1. The third-order valence-corrected chi connectivity index (χ3v) is 5.15. The zero-order valence-electron chi connectivity index (χ0n) is 15.2. The van der Waals surface area contributed by atoms with Crippen molar-refractivity contribution in [3.8, 4) is 5.75 Å². The van der Waals surface area contributed by atoms with Crippen LogP contribution in [0.2, 0.25) is 5.02 Å². The van der Waals surface area contributed by atoms with E-state index in [-0.39, 0.29) is 11.9 Å². The minimum Gasteiger partial charge on any atom is -0.494 e. The van der Waals surface area contributed by atoms with Crippen LogP contribution >= 0.6 is 11.6 Å². The van der Waals surface area contributed by atoms with Crippen molar-refractivity contribution < 1.29 is 19.0 Å². The summed E-state index contributed by atoms with van der Waals surface area (Å²) >= 11 is 6.26. The van der Waals surface area contributed by atoms with Crippen LogP contribution < -0.4 is 4.74 Å². The maximum Gasteiger partial charge on any atom is 0.307 e. The fourth-order valence-corrected chi connectivity index (χ4v) is 3.88. The number of nitrogens with zero attached hydrogens (tertiary/aromatic N) is 1. The maximum atomic E-state index is 13.5. The summed E-state index contributed by atoms with van der Waals surface area (Å²) < 4.78 is 19.3. The van der Waals surface area contributed by atoms with Gasteiger partial charge >= 0.3 is 5.97 Å². The average molecular weight is 392 g/mol. The molecule has 3 rings (SSSR count). The van der Waals surface area contributed by atoms with E-state index in [9.17, 15) is 14.3 Å². The lowest BCUT2D eigenvalue weighted by Crippen LogP contribution is -2.41. The minimum absolute atomic E-state index is 0.256. The fraction of sp³-hybridized carbons (Fsp3) is 0.381. The molecule has 6 heteroatoms. The molecule has 1 aliphatic rings. The standard InChI is InChI=1S/C21H23ClFNO3/c1-2-27-19-10-7-16(22)12-18(19)20(14-5-8-17(23)9-6-14)24-11-3-4-15(13-24)21(25)26/h5-10,12,15,20H,2-4,11,13H2,1H3,(H,25,26). The van der Waals surface area contributed by atoms with Gasteiger partial charge in [-0.2, -0.15) is 0 Å². The highest BCUT2D eigenvalue weighted by Gasteiger charge is 2.32. The zero-order chi connectivity index (χ0) is 19.4. The van der Waals surface area contributed by atoms with Crippen molar-refractivity contribution in [1.29, 1.82) is 0 Å². The second-order valence-corrected chi connectivity index (χ2v) is 7.18. The molecule has 2 unspecified atom stereocenters. The van der Waals surface area contributed by atoms with Crippen molar-refractivity contribution in [2.75, 3.05) is 19.7 Å². The van der Waals surface area contributed by atoms with E-state index in [4.69, 9.17) is 16.3 Å². The van der Waals surface area contributed by atoms with E-state index < -0.39 is 11.9 Å². The number of halogens is 2. The number of aliphatic carboxylic acids is 1. The number of carbonyl (C=O) groups is 1. The smallest absolute Gasteiger partial charge is 0.307 e. The lowest BCUT2D eigenvalue weighted by atomic mass is 9.91. The quantitative estimate of drug-likeness (QED) is 0.771. The number of likely N-dealkylation sites (tertiary alicyclic amines) is 1. The number of benzene rings is 2. The zero-order valence-corrected chi connectivity index (χ0v) is 16.0. The summed E-state index contributed by atoms with van der Waals surface area (Å²) in [6.07, 6.45) is 1.45. The Hall–Kier alpha value is -2.11. The summed E-state index contributed by atoms with van der Waals surface area (Å²) in [4.78, 5) is 13.7. The molecule has 0 bridgehead atoms. The van der Waals surface area contributed by atoms with Crippen molar-refractivity contribution in [2.24, 2.45) is 5.92 Å². The van der Waals surface area contributed by atoms with E-state index in [1.54, 1.807) is 18.2 Å². The molecule has 27 heavy (non-hydrogen) atoms. The molecule has 144 valence electrons. The summed E-state index contributed by atoms with van der Waals surface area (Å²) in [6, 6.07) is 11.5. The molecule has 0 aromatic heterocycles. The Kier molecular flexibility index (Phi) is 6.34. The Morgan fingerprint density at radius 1 is 1.33 bits per heavy atom. The first-order valence-electron chi connectivity index (χ1n) is 9.14. The Labute approximate surface area is 163 Å². The predicted octanol–water partition coefficient (Wildman–Crippen LogP) is 4.76. The molecule has 1 aliphatic heterocycles. The number of rotatable bonds is 6. The van der Waals surface area contributed by atoms with Crippen LogP contribution in [0.15, 0.2) is 42.5 Å². The van der Waals surface area contributed by atoms with Crippen LogP contribution in [0.4, 0.5) is 4.39 Å². The topological polar surface area (TPSA) is 49.8 Å². The molecule has 0 radical (unpaired) electrons. The predicted molar refractivity (Wildman–Crippen MR) is 103 cm³/mol. The largest absolute Gasteiger partial charge is 0.494 e. The van der Waals surface area contributed by atoms with E-state index in [2.05, 4.69) is 4.90 Å². The Morgan fingerprint density at radius 3 is 2.74 bits per heavy atom. The van der Waals surface area contributed by atoms with Crippen molar-refractivity contribution in [3.05, 3.63) is 64.4 Å². The van der Waals surface area contributed by atoms with Gasteiger partial charge in [-0.3, -0.25) is 9.69 Å².